The summed E-state index contributed by atoms with van der Waals surface area (Å²) in [6.45, 7) is 0.265. The molecule has 1 saturated heterocycles. The second-order valence-electron chi connectivity index (χ2n) is 5.76. The molecule has 2 amide bonds. The number of halogens is 1. The fourth-order valence-electron chi connectivity index (χ4n) is 2.57. The van der Waals surface area contributed by atoms with Gasteiger partial charge in [0.15, 0.2) is 11.6 Å². The molecule has 1 fully saturated rings. The van der Waals surface area contributed by atoms with Crippen LogP contribution in [0.5, 0.6) is 11.6 Å². The first-order valence-electron chi connectivity index (χ1n) is 8.06. The van der Waals surface area contributed by atoms with E-state index < -0.39 is 11.9 Å². The molecule has 1 aromatic carbocycles. The quantitative estimate of drug-likeness (QED) is 0.873. The van der Waals surface area contributed by atoms with Crippen LogP contribution in [0.1, 0.15) is 24.8 Å². The third-order valence-corrected chi connectivity index (χ3v) is 3.87. The summed E-state index contributed by atoms with van der Waals surface area (Å²) >= 11 is 0. The number of ether oxygens (including phenoxy) is 1. The normalized spacial score (nSPS) is 16.8. The second kappa shape index (κ2) is 7.74. The zero-order valence-corrected chi connectivity index (χ0v) is 13.5. The lowest BCUT2D eigenvalue weighted by Gasteiger charge is -2.22. The summed E-state index contributed by atoms with van der Waals surface area (Å²) in [7, 11) is 0. The topological polar surface area (TPSA) is 80.3 Å². The van der Waals surface area contributed by atoms with Gasteiger partial charge < -0.3 is 15.4 Å². The molecule has 3 rings (SSSR count). The molecule has 130 valence electrons. The molecular weight excluding hydrogens is 325 g/mol. The SMILES string of the molecule is O=C1CCC[C@H](C(=O)NCc2ccnc(Oc3ccccc3F)c2)N1. The summed E-state index contributed by atoms with van der Waals surface area (Å²) in [5.41, 5.74) is 0.761. The molecular formula is C18H18FN3O3. The number of carbonyl (C=O) groups is 2. The Morgan fingerprint density at radius 1 is 1.36 bits per heavy atom. The van der Waals surface area contributed by atoms with Gasteiger partial charge in [-0.2, -0.15) is 0 Å². The Bertz CT molecular complexity index is 782. The molecule has 1 aliphatic rings. The first-order valence-corrected chi connectivity index (χ1v) is 8.06. The van der Waals surface area contributed by atoms with Gasteiger partial charge in [0.25, 0.3) is 0 Å². The van der Waals surface area contributed by atoms with Crippen LogP contribution >= 0.6 is 0 Å². The maximum absolute atomic E-state index is 13.6. The van der Waals surface area contributed by atoms with E-state index in [-0.39, 0.29) is 30.0 Å². The Labute approximate surface area is 144 Å². The summed E-state index contributed by atoms with van der Waals surface area (Å²) in [5, 5.41) is 5.45. The molecule has 2 N–H and O–H groups in total. The van der Waals surface area contributed by atoms with Crippen LogP contribution in [0.4, 0.5) is 4.39 Å². The van der Waals surface area contributed by atoms with Gasteiger partial charge in [-0.05, 0) is 36.6 Å². The monoisotopic (exact) mass is 343 g/mol. The van der Waals surface area contributed by atoms with Gasteiger partial charge in [0.2, 0.25) is 17.7 Å². The predicted octanol–water partition coefficient (Wildman–Crippen LogP) is 2.30. The molecule has 0 saturated carbocycles. The highest BCUT2D eigenvalue weighted by molar-refractivity contribution is 5.88. The highest BCUT2D eigenvalue weighted by atomic mass is 19.1. The number of rotatable bonds is 5. The minimum Gasteiger partial charge on any atom is -0.436 e. The number of nitrogens with one attached hydrogen (secondary N) is 2. The van der Waals surface area contributed by atoms with E-state index in [1.807, 2.05) is 0 Å². The Balaban J connectivity index is 1.59. The molecule has 1 atom stereocenters. The van der Waals surface area contributed by atoms with E-state index in [9.17, 15) is 14.0 Å². The lowest BCUT2D eigenvalue weighted by Crippen LogP contribution is -2.48. The van der Waals surface area contributed by atoms with Crippen molar-refractivity contribution in [3.05, 3.63) is 54.0 Å². The zero-order valence-electron chi connectivity index (χ0n) is 13.5. The van der Waals surface area contributed by atoms with Gasteiger partial charge in [-0.3, -0.25) is 9.59 Å². The molecule has 0 aliphatic carbocycles. The Morgan fingerprint density at radius 3 is 3.00 bits per heavy atom. The highest BCUT2D eigenvalue weighted by Gasteiger charge is 2.24. The standard InChI is InChI=1S/C18H18FN3O3/c19-13-4-1-2-6-15(13)25-17-10-12(8-9-20-17)11-21-18(24)14-5-3-7-16(23)22-14/h1-2,4,6,8-10,14H,3,5,7,11H2,(H,21,24)(H,22,23)/t14-/m1/s1. The lowest BCUT2D eigenvalue weighted by molar-refractivity contribution is -0.131. The van der Waals surface area contributed by atoms with Gasteiger partial charge >= 0.3 is 0 Å². The van der Waals surface area contributed by atoms with E-state index in [4.69, 9.17) is 4.74 Å². The van der Waals surface area contributed by atoms with Crippen LogP contribution in [0.15, 0.2) is 42.6 Å². The molecule has 2 aromatic rings. The van der Waals surface area contributed by atoms with Gasteiger partial charge in [0, 0.05) is 25.2 Å². The molecule has 1 aromatic heterocycles. The zero-order chi connectivity index (χ0) is 17.6. The van der Waals surface area contributed by atoms with Crippen LogP contribution in [0.25, 0.3) is 0 Å². The predicted molar refractivity (Wildman–Crippen MR) is 88.3 cm³/mol. The number of nitrogens with zero attached hydrogens (tertiary/aromatic N) is 1. The van der Waals surface area contributed by atoms with Crippen molar-refractivity contribution in [1.82, 2.24) is 15.6 Å². The number of amides is 2. The molecule has 7 heteroatoms. The summed E-state index contributed by atoms with van der Waals surface area (Å²) in [6.07, 6.45) is 3.33. The second-order valence-corrected chi connectivity index (χ2v) is 5.76. The van der Waals surface area contributed by atoms with Crippen molar-refractivity contribution in [2.24, 2.45) is 0 Å². The van der Waals surface area contributed by atoms with Crippen molar-refractivity contribution in [3.63, 3.8) is 0 Å². The fourth-order valence-corrected chi connectivity index (χ4v) is 2.57. The van der Waals surface area contributed by atoms with Gasteiger partial charge in [-0.25, -0.2) is 9.37 Å². The van der Waals surface area contributed by atoms with E-state index in [1.54, 1.807) is 24.3 Å². The van der Waals surface area contributed by atoms with Crippen molar-refractivity contribution in [2.45, 2.75) is 31.8 Å². The van der Waals surface area contributed by atoms with Crippen LogP contribution in [0.2, 0.25) is 0 Å². The molecule has 0 unspecified atom stereocenters. The average molecular weight is 343 g/mol. The molecule has 25 heavy (non-hydrogen) atoms. The van der Waals surface area contributed by atoms with Crippen LogP contribution in [-0.2, 0) is 16.1 Å². The summed E-state index contributed by atoms with van der Waals surface area (Å²) in [5.74, 6) is -0.475. The average Bonchev–Trinajstić information content (AvgIpc) is 2.62. The number of benzene rings is 1. The number of carbonyl (C=O) groups excluding carboxylic acids is 2. The molecule has 1 aliphatic heterocycles. The van der Waals surface area contributed by atoms with Gasteiger partial charge in [-0.15, -0.1) is 0 Å². The minimum atomic E-state index is -0.489. The van der Waals surface area contributed by atoms with Crippen molar-refractivity contribution < 1.29 is 18.7 Å². The summed E-state index contributed by atoms with van der Waals surface area (Å²) in [6, 6.07) is 8.93. The van der Waals surface area contributed by atoms with Crippen LogP contribution in [-0.4, -0.2) is 22.8 Å². The highest BCUT2D eigenvalue weighted by Crippen LogP contribution is 2.22. The summed E-state index contributed by atoms with van der Waals surface area (Å²) < 4.78 is 19.1. The first kappa shape index (κ1) is 16.9. The van der Waals surface area contributed by atoms with Crippen LogP contribution < -0.4 is 15.4 Å². The van der Waals surface area contributed by atoms with E-state index in [1.165, 1.54) is 18.3 Å². The maximum atomic E-state index is 13.6. The minimum absolute atomic E-state index is 0.0844. The van der Waals surface area contributed by atoms with E-state index in [0.29, 0.717) is 19.3 Å². The molecule has 2 heterocycles. The fraction of sp³-hybridized carbons (Fsp3) is 0.278. The number of hydrogen-bond donors (Lipinski definition) is 2. The number of aromatic nitrogens is 1. The van der Waals surface area contributed by atoms with Gasteiger partial charge in [0.05, 0.1) is 0 Å². The van der Waals surface area contributed by atoms with Crippen molar-refractivity contribution in [3.8, 4) is 11.6 Å². The molecule has 0 bridgehead atoms. The van der Waals surface area contributed by atoms with Gasteiger partial charge in [-0.1, -0.05) is 12.1 Å². The van der Waals surface area contributed by atoms with E-state index in [0.717, 1.165) is 5.56 Å². The van der Waals surface area contributed by atoms with Crippen molar-refractivity contribution in [2.75, 3.05) is 0 Å². The van der Waals surface area contributed by atoms with Crippen molar-refractivity contribution in [1.29, 1.82) is 0 Å². The van der Waals surface area contributed by atoms with Crippen LogP contribution in [0, 0.1) is 5.82 Å². The van der Waals surface area contributed by atoms with Crippen molar-refractivity contribution >= 4 is 11.8 Å². The van der Waals surface area contributed by atoms with E-state index in [2.05, 4.69) is 15.6 Å². The van der Waals surface area contributed by atoms with E-state index >= 15 is 0 Å². The Kier molecular flexibility index (Phi) is 5.23. The third-order valence-electron chi connectivity index (χ3n) is 3.87. The Hall–Kier alpha value is -2.96. The maximum Gasteiger partial charge on any atom is 0.242 e. The smallest absolute Gasteiger partial charge is 0.242 e. The molecule has 6 nitrogen and oxygen atoms in total. The molecule has 0 spiro atoms. The largest absolute Gasteiger partial charge is 0.436 e. The number of para-hydroxylation sites is 1. The number of piperidine rings is 1. The van der Waals surface area contributed by atoms with Crippen LogP contribution in [0.3, 0.4) is 0 Å². The lowest BCUT2D eigenvalue weighted by atomic mass is 10.0. The number of pyridine rings is 1. The third kappa shape index (κ3) is 4.53. The number of hydrogen-bond acceptors (Lipinski definition) is 4. The summed E-state index contributed by atoms with van der Waals surface area (Å²) in [4.78, 5) is 27.5. The first-order chi connectivity index (χ1) is 12.1. The van der Waals surface area contributed by atoms with Gasteiger partial charge in [0.1, 0.15) is 6.04 Å². The molecule has 0 radical (unpaired) electrons. The Morgan fingerprint density at radius 2 is 2.20 bits per heavy atom.